The highest BCUT2D eigenvalue weighted by Gasteiger charge is 2.27. The van der Waals surface area contributed by atoms with Gasteiger partial charge in [-0.1, -0.05) is 11.6 Å². The average molecular weight is 223 g/mol. The maximum atomic E-state index is 9.53. The van der Waals surface area contributed by atoms with Crippen molar-refractivity contribution in [2.75, 3.05) is 19.7 Å². The van der Waals surface area contributed by atoms with Gasteiger partial charge in [0.15, 0.2) is 0 Å². The summed E-state index contributed by atoms with van der Waals surface area (Å²) in [5.41, 5.74) is 2.68. The van der Waals surface area contributed by atoms with Gasteiger partial charge in [0.2, 0.25) is 0 Å². The summed E-state index contributed by atoms with van der Waals surface area (Å²) in [5.74, 6) is 0.628. The van der Waals surface area contributed by atoms with E-state index in [1.165, 1.54) is 24.1 Å². The molecule has 2 rings (SSSR count). The molecule has 0 bridgehead atoms. The van der Waals surface area contributed by atoms with Crippen molar-refractivity contribution < 1.29 is 10.2 Å². The predicted octanol–water partition coefficient (Wildman–Crippen LogP) is 1.29. The van der Waals surface area contributed by atoms with Crippen LogP contribution in [-0.2, 0) is 0 Å². The van der Waals surface area contributed by atoms with E-state index in [2.05, 4.69) is 24.0 Å². The van der Waals surface area contributed by atoms with Crippen LogP contribution >= 0.6 is 0 Å². The van der Waals surface area contributed by atoms with Crippen LogP contribution in [0.25, 0.3) is 0 Å². The van der Waals surface area contributed by atoms with E-state index in [1.54, 1.807) is 0 Å². The number of rotatable bonds is 3. The predicted molar refractivity (Wildman–Crippen MR) is 63.8 cm³/mol. The first-order valence-electron chi connectivity index (χ1n) is 6.13. The lowest BCUT2D eigenvalue weighted by Crippen LogP contribution is -2.40. The maximum absolute atomic E-state index is 9.53. The van der Waals surface area contributed by atoms with E-state index in [9.17, 15) is 5.11 Å². The largest absolute Gasteiger partial charge is 0.394 e. The number of nitrogens with zero attached hydrogens (tertiary/aromatic N) is 1. The summed E-state index contributed by atoms with van der Waals surface area (Å²) in [5, 5.41) is 18.4. The van der Waals surface area contributed by atoms with Gasteiger partial charge in [-0.2, -0.15) is 0 Å². The van der Waals surface area contributed by atoms with E-state index in [-0.39, 0.29) is 6.61 Å². The highest BCUT2D eigenvalue weighted by atomic mass is 16.3. The van der Waals surface area contributed by atoms with Crippen molar-refractivity contribution in [1.29, 1.82) is 0 Å². The summed E-state index contributed by atoms with van der Waals surface area (Å²) in [6.45, 7) is 3.54. The lowest BCUT2D eigenvalue weighted by molar-refractivity contribution is 0.0597. The Balaban J connectivity index is 2.09. The molecule has 2 N–H and O–H groups in total. The molecular formula is C13H21NO2. The van der Waals surface area contributed by atoms with Crippen LogP contribution in [0.15, 0.2) is 23.4 Å². The number of likely N-dealkylation sites (tertiary alicyclic amines) is 1. The number of hydrogen-bond acceptors (Lipinski definition) is 3. The molecule has 0 spiro atoms. The molecule has 0 amide bonds. The topological polar surface area (TPSA) is 43.7 Å². The van der Waals surface area contributed by atoms with Crippen LogP contribution in [0.2, 0.25) is 0 Å². The minimum Gasteiger partial charge on any atom is -0.394 e. The Hall–Kier alpha value is -0.800. The first kappa shape index (κ1) is 11.7. The molecule has 0 radical (unpaired) electrons. The molecule has 0 aromatic carbocycles. The molecule has 1 aliphatic heterocycles. The van der Waals surface area contributed by atoms with Crippen LogP contribution in [0.1, 0.15) is 26.2 Å². The zero-order valence-electron chi connectivity index (χ0n) is 9.89. The van der Waals surface area contributed by atoms with Crippen molar-refractivity contribution in [3.63, 3.8) is 0 Å². The van der Waals surface area contributed by atoms with Gasteiger partial charge < -0.3 is 15.1 Å². The number of β-amino-alcohol motifs (C(OH)–C–C–N with tert-alkyl or cyclic N) is 1. The summed E-state index contributed by atoms with van der Waals surface area (Å²) in [7, 11) is 0. The summed E-state index contributed by atoms with van der Waals surface area (Å²) < 4.78 is 0. The van der Waals surface area contributed by atoms with E-state index in [0.717, 1.165) is 13.0 Å². The molecular weight excluding hydrogens is 202 g/mol. The van der Waals surface area contributed by atoms with Gasteiger partial charge in [-0.25, -0.2) is 0 Å². The van der Waals surface area contributed by atoms with Gasteiger partial charge in [-0.15, -0.1) is 0 Å². The Morgan fingerprint density at radius 3 is 3.12 bits per heavy atom. The minimum atomic E-state index is -0.620. The monoisotopic (exact) mass is 223 g/mol. The lowest BCUT2D eigenvalue weighted by atomic mass is 9.86. The minimum absolute atomic E-state index is 0.150. The molecule has 1 saturated heterocycles. The molecule has 0 saturated carbocycles. The van der Waals surface area contributed by atoms with Crippen molar-refractivity contribution >= 4 is 0 Å². The van der Waals surface area contributed by atoms with Crippen molar-refractivity contribution in [2.24, 2.45) is 5.92 Å². The van der Waals surface area contributed by atoms with Gasteiger partial charge in [0.1, 0.15) is 0 Å². The number of allylic oxidation sites excluding steroid dienone is 4. The molecule has 1 heterocycles. The van der Waals surface area contributed by atoms with Crippen LogP contribution in [0, 0.1) is 5.92 Å². The third kappa shape index (κ3) is 2.47. The molecule has 2 unspecified atom stereocenters. The first-order valence-corrected chi connectivity index (χ1v) is 6.13. The fourth-order valence-electron chi connectivity index (χ4n) is 2.64. The van der Waals surface area contributed by atoms with Crippen LogP contribution in [0.4, 0.5) is 0 Å². The first-order chi connectivity index (χ1) is 7.70. The molecule has 90 valence electrons. The third-order valence-corrected chi connectivity index (χ3v) is 3.51. The van der Waals surface area contributed by atoms with Crippen LogP contribution in [0.3, 0.4) is 0 Å². The second kappa shape index (κ2) is 5.02. The molecule has 2 aliphatic rings. The Morgan fingerprint density at radius 2 is 2.38 bits per heavy atom. The van der Waals surface area contributed by atoms with Gasteiger partial charge in [0, 0.05) is 24.7 Å². The van der Waals surface area contributed by atoms with Crippen LogP contribution in [-0.4, -0.2) is 40.9 Å². The quantitative estimate of drug-likeness (QED) is 0.757. The number of fused-ring (bicyclic) bond motifs is 1. The number of hydrogen-bond donors (Lipinski definition) is 2. The molecule has 0 aromatic heterocycles. The van der Waals surface area contributed by atoms with Gasteiger partial charge in [0.05, 0.1) is 12.7 Å². The van der Waals surface area contributed by atoms with E-state index in [0.29, 0.717) is 12.5 Å². The van der Waals surface area contributed by atoms with Crippen molar-refractivity contribution in [3.05, 3.63) is 23.4 Å². The van der Waals surface area contributed by atoms with E-state index in [4.69, 9.17) is 5.11 Å². The second-order valence-electron chi connectivity index (χ2n) is 4.87. The lowest BCUT2D eigenvalue weighted by Gasteiger charge is -2.39. The number of aliphatic hydroxyl groups excluding tert-OH is 2. The molecule has 16 heavy (non-hydrogen) atoms. The zero-order chi connectivity index (χ0) is 11.5. The summed E-state index contributed by atoms with van der Waals surface area (Å²) >= 11 is 0. The van der Waals surface area contributed by atoms with Gasteiger partial charge in [0.25, 0.3) is 0 Å². The van der Waals surface area contributed by atoms with Gasteiger partial charge in [-0.3, -0.25) is 0 Å². The van der Waals surface area contributed by atoms with Crippen LogP contribution < -0.4 is 0 Å². The normalized spacial score (nSPS) is 26.9. The molecule has 1 fully saturated rings. The molecule has 0 aromatic rings. The highest BCUT2D eigenvalue weighted by Crippen LogP contribution is 2.34. The number of piperidine rings is 1. The Kier molecular flexibility index (Phi) is 3.66. The molecule has 3 nitrogen and oxygen atoms in total. The maximum Gasteiger partial charge on any atom is 0.0945 e. The Bertz CT molecular complexity index is 309. The van der Waals surface area contributed by atoms with Gasteiger partial charge in [-0.05, 0) is 32.3 Å². The summed E-state index contributed by atoms with van der Waals surface area (Å²) in [6.07, 6.45) is 7.47. The van der Waals surface area contributed by atoms with E-state index in [1.807, 2.05) is 0 Å². The second-order valence-corrected chi connectivity index (χ2v) is 4.87. The molecule has 1 aliphatic carbocycles. The number of aliphatic hydroxyl groups is 2. The fraction of sp³-hybridized carbons (Fsp3) is 0.692. The van der Waals surface area contributed by atoms with Crippen LogP contribution in [0.5, 0.6) is 0 Å². The van der Waals surface area contributed by atoms with E-state index >= 15 is 0 Å². The third-order valence-electron chi connectivity index (χ3n) is 3.51. The van der Waals surface area contributed by atoms with Crippen molar-refractivity contribution in [1.82, 2.24) is 4.90 Å². The standard InChI is InChI=1S/C13H21NO2/c1-10-4-5-11-3-2-6-14(13(11)7-10)8-12(16)9-15/h4,7,11-12,15-16H,2-3,5-6,8-9H2,1H3. The smallest absolute Gasteiger partial charge is 0.0945 e. The van der Waals surface area contributed by atoms with Crippen molar-refractivity contribution in [2.45, 2.75) is 32.3 Å². The SMILES string of the molecule is CC1=CCC2CCCN(CC(O)CO)C2=C1. The molecule has 3 heteroatoms. The zero-order valence-corrected chi connectivity index (χ0v) is 9.89. The summed E-state index contributed by atoms with van der Waals surface area (Å²) in [4.78, 5) is 2.24. The summed E-state index contributed by atoms with van der Waals surface area (Å²) in [6, 6.07) is 0. The van der Waals surface area contributed by atoms with E-state index < -0.39 is 6.10 Å². The van der Waals surface area contributed by atoms with Crippen molar-refractivity contribution in [3.8, 4) is 0 Å². The Labute approximate surface area is 97.1 Å². The van der Waals surface area contributed by atoms with Gasteiger partial charge >= 0.3 is 0 Å². The Morgan fingerprint density at radius 1 is 1.56 bits per heavy atom. The fourth-order valence-corrected chi connectivity index (χ4v) is 2.64. The highest BCUT2D eigenvalue weighted by molar-refractivity contribution is 5.28. The molecule has 2 atom stereocenters. The average Bonchev–Trinajstić information content (AvgIpc) is 2.29.